The van der Waals surface area contributed by atoms with E-state index in [1.54, 1.807) is 24.3 Å². The van der Waals surface area contributed by atoms with Gasteiger partial charge in [0.1, 0.15) is 6.33 Å². The summed E-state index contributed by atoms with van der Waals surface area (Å²) < 4.78 is 0. The van der Waals surface area contributed by atoms with Crippen LogP contribution in [0.1, 0.15) is 28.4 Å². The molecule has 4 rings (SSSR count). The first kappa shape index (κ1) is 22.2. The highest BCUT2D eigenvalue weighted by Crippen LogP contribution is 2.35. The lowest BCUT2D eigenvalue weighted by atomic mass is 10.1. The van der Waals surface area contributed by atoms with Crippen LogP contribution in [0.4, 0.5) is 28.7 Å². The van der Waals surface area contributed by atoms with Gasteiger partial charge in [0.2, 0.25) is 11.6 Å². The summed E-state index contributed by atoms with van der Waals surface area (Å²) in [5, 5.41) is 15.0. The van der Waals surface area contributed by atoms with Crippen molar-refractivity contribution in [1.29, 1.82) is 0 Å². The SMILES string of the molecule is CC(=O)c1cccc(Nc2ncnc(N3CCN(c4cccc(C)c4C)CC3)c2[N+](=O)[O-])c1. The van der Waals surface area contributed by atoms with Crippen LogP contribution in [-0.4, -0.2) is 46.9 Å². The van der Waals surface area contributed by atoms with Crippen molar-refractivity contribution >= 4 is 34.5 Å². The minimum Gasteiger partial charge on any atom is -0.368 e. The first-order chi connectivity index (χ1) is 15.8. The topological polar surface area (TPSA) is 104 Å². The van der Waals surface area contributed by atoms with Crippen LogP contribution in [0.15, 0.2) is 48.8 Å². The van der Waals surface area contributed by atoms with E-state index in [0.717, 1.165) is 13.1 Å². The molecule has 2 heterocycles. The molecule has 0 amide bonds. The fourth-order valence-electron chi connectivity index (χ4n) is 4.05. The first-order valence-corrected chi connectivity index (χ1v) is 10.8. The van der Waals surface area contributed by atoms with Crippen LogP contribution in [0.3, 0.4) is 0 Å². The zero-order chi connectivity index (χ0) is 23.5. The van der Waals surface area contributed by atoms with E-state index in [2.05, 4.69) is 52.2 Å². The van der Waals surface area contributed by atoms with E-state index in [1.807, 2.05) is 4.90 Å². The van der Waals surface area contributed by atoms with Gasteiger partial charge < -0.3 is 15.1 Å². The van der Waals surface area contributed by atoms with Gasteiger partial charge in [-0.05, 0) is 50.1 Å². The number of hydrogen-bond donors (Lipinski definition) is 1. The Morgan fingerprint density at radius 2 is 1.73 bits per heavy atom. The van der Waals surface area contributed by atoms with Crippen LogP contribution in [0.25, 0.3) is 0 Å². The summed E-state index contributed by atoms with van der Waals surface area (Å²) in [6.45, 7) is 8.35. The van der Waals surface area contributed by atoms with Crippen molar-refractivity contribution < 1.29 is 9.72 Å². The number of carbonyl (C=O) groups is 1. The van der Waals surface area contributed by atoms with E-state index < -0.39 is 4.92 Å². The summed E-state index contributed by atoms with van der Waals surface area (Å²) in [4.78, 5) is 35.9. The third-order valence-electron chi connectivity index (χ3n) is 6.01. The van der Waals surface area contributed by atoms with Gasteiger partial charge >= 0.3 is 5.69 Å². The third kappa shape index (κ3) is 4.62. The van der Waals surface area contributed by atoms with Crippen molar-refractivity contribution in [3.63, 3.8) is 0 Å². The molecule has 0 aliphatic carbocycles. The molecule has 0 bridgehead atoms. The van der Waals surface area contributed by atoms with Crippen molar-refractivity contribution in [2.45, 2.75) is 20.8 Å². The van der Waals surface area contributed by atoms with Crippen molar-refractivity contribution in [2.75, 3.05) is 41.3 Å². The van der Waals surface area contributed by atoms with Crippen LogP contribution < -0.4 is 15.1 Å². The summed E-state index contributed by atoms with van der Waals surface area (Å²) in [5.41, 5.74) is 4.57. The molecule has 1 fully saturated rings. The zero-order valence-electron chi connectivity index (χ0n) is 18.9. The van der Waals surface area contributed by atoms with Gasteiger partial charge in [-0.25, -0.2) is 9.97 Å². The fourth-order valence-corrected chi connectivity index (χ4v) is 4.05. The number of rotatable bonds is 6. The van der Waals surface area contributed by atoms with Crippen LogP contribution >= 0.6 is 0 Å². The van der Waals surface area contributed by atoms with E-state index in [9.17, 15) is 14.9 Å². The Bertz CT molecular complexity index is 1200. The number of aryl methyl sites for hydroxylation is 1. The molecule has 0 spiro atoms. The Hall–Kier alpha value is -4.01. The third-order valence-corrected chi connectivity index (χ3v) is 6.01. The average Bonchev–Trinajstić information content (AvgIpc) is 2.81. The van der Waals surface area contributed by atoms with Crippen LogP contribution in [0, 0.1) is 24.0 Å². The van der Waals surface area contributed by atoms with E-state index >= 15 is 0 Å². The first-order valence-electron chi connectivity index (χ1n) is 10.8. The fraction of sp³-hybridized carbons (Fsp3) is 0.292. The number of nitrogens with one attached hydrogen (secondary N) is 1. The van der Waals surface area contributed by atoms with Crippen molar-refractivity contribution in [3.8, 4) is 0 Å². The van der Waals surface area contributed by atoms with Crippen molar-refractivity contribution in [1.82, 2.24) is 9.97 Å². The molecule has 3 aromatic rings. The van der Waals surface area contributed by atoms with E-state index in [-0.39, 0.29) is 17.3 Å². The van der Waals surface area contributed by atoms with Crippen molar-refractivity contribution in [3.05, 3.63) is 75.6 Å². The molecule has 1 aliphatic rings. The van der Waals surface area contributed by atoms with Gasteiger partial charge in [0.15, 0.2) is 5.78 Å². The summed E-state index contributed by atoms with van der Waals surface area (Å²) in [7, 11) is 0. The molecule has 1 N–H and O–H groups in total. The molecule has 33 heavy (non-hydrogen) atoms. The molecule has 2 aromatic carbocycles. The largest absolute Gasteiger partial charge is 0.368 e. The molecule has 9 nitrogen and oxygen atoms in total. The van der Waals surface area contributed by atoms with Gasteiger partial charge in [0.05, 0.1) is 4.92 Å². The maximum Gasteiger partial charge on any atom is 0.353 e. The second-order valence-electron chi connectivity index (χ2n) is 8.11. The van der Waals surface area contributed by atoms with E-state index in [1.165, 1.54) is 30.1 Å². The Morgan fingerprint density at radius 3 is 2.42 bits per heavy atom. The highest BCUT2D eigenvalue weighted by atomic mass is 16.6. The average molecular weight is 447 g/mol. The van der Waals surface area contributed by atoms with Gasteiger partial charge in [0.25, 0.3) is 0 Å². The number of carbonyl (C=O) groups excluding carboxylic acids is 1. The number of nitrogens with zero attached hydrogens (tertiary/aromatic N) is 5. The Labute approximate surface area is 192 Å². The molecule has 0 radical (unpaired) electrons. The summed E-state index contributed by atoms with van der Waals surface area (Å²) in [5.74, 6) is 0.307. The van der Waals surface area contributed by atoms with E-state index in [0.29, 0.717) is 30.2 Å². The number of ketones is 1. The van der Waals surface area contributed by atoms with Crippen LogP contribution in [0.5, 0.6) is 0 Å². The Kier molecular flexibility index (Phi) is 6.21. The number of nitro groups is 1. The Balaban J connectivity index is 1.58. The number of piperazine rings is 1. The second-order valence-corrected chi connectivity index (χ2v) is 8.11. The molecule has 1 saturated heterocycles. The molecule has 0 saturated carbocycles. The lowest BCUT2D eigenvalue weighted by molar-refractivity contribution is -0.383. The highest BCUT2D eigenvalue weighted by Gasteiger charge is 2.29. The maximum absolute atomic E-state index is 12.0. The molecule has 9 heteroatoms. The standard InChI is InChI=1S/C24H26N6O3/c1-16-6-4-9-21(17(16)2)28-10-12-29(13-11-28)24-22(30(32)33)23(25-15-26-24)27-20-8-5-7-19(14-20)18(3)31/h4-9,14-15H,10-13H2,1-3H3,(H,25,26,27). The summed E-state index contributed by atoms with van der Waals surface area (Å²) >= 11 is 0. The Morgan fingerprint density at radius 1 is 1.03 bits per heavy atom. The second kappa shape index (κ2) is 9.23. The minimum atomic E-state index is -0.455. The number of anilines is 4. The van der Waals surface area contributed by atoms with Gasteiger partial charge in [-0.3, -0.25) is 14.9 Å². The van der Waals surface area contributed by atoms with Gasteiger partial charge in [0, 0.05) is 43.1 Å². The van der Waals surface area contributed by atoms with Gasteiger partial charge in [-0.15, -0.1) is 0 Å². The molecule has 0 unspecified atom stereocenters. The number of hydrogen-bond acceptors (Lipinski definition) is 8. The number of benzene rings is 2. The summed E-state index contributed by atoms with van der Waals surface area (Å²) in [6, 6.07) is 13.1. The minimum absolute atomic E-state index is 0.0850. The molecule has 0 atom stereocenters. The van der Waals surface area contributed by atoms with Crippen LogP contribution in [0.2, 0.25) is 0 Å². The summed E-state index contributed by atoms with van der Waals surface area (Å²) in [6.07, 6.45) is 1.33. The molecular formula is C24H26N6O3. The van der Waals surface area contributed by atoms with Gasteiger partial charge in [-0.2, -0.15) is 0 Å². The highest BCUT2D eigenvalue weighted by molar-refractivity contribution is 5.95. The zero-order valence-corrected chi connectivity index (χ0v) is 18.9. The normalized spacial score (nSPS) is 13.7. The molecule has 1 aromatic heterocycles. The predicted octanol–water partition coefficient (Wildman–Crippen LogP) is 4.27. The lowest BCUT2D eigenvalue weighted by Crippen LogP contribution is -2.47. The smallest absolute Gasteiger partial charge is 0.353 e. The predicted molar refractivity (Wildman–Crippen MR) is 129 cm³/mol. The molecular weight excluding hydrogens is 420 g/mol. The lowest BCUT2D eigenvalue weighted by Gasteiger charge is -2.37. The number of aromatic nitrogens is 2. The van der Waals surface area contributed by atoms with Gasteiger partial charge in [-0.1, -0.05) is 24.3 Å². The quantitative estimate of drug-likeness (QED) is 0.340. The number of Topliss-reactive ketones (excluding diaryl/α,β-unsaturated/α-hetero) is 1. The monoisotopic (exact) mass is 446 g/mol. The molecule has 170 valence electrons. The van der Waals surface area contributed by atoms with Crippen LogP contribution in [-0.2, 0) is 0 Å². The maximum atomic E-state index is 12.0. The molecule has 1 aliphatic heterocycles. The van der Waals surface area contributed by atoms with E-state index in [4.69, 9.17) is 0 Å². The van der Waals surface area contributed by atoms with Crippen molar-refractivity contribution in [2.24, 2.45) is 0 Å².